The van der Waals surface area contributed by atoms with E-state index in [0.29, 0.717) is 22.8 Å². The highest BCUT2D eigenvalue weighted by molar-refractivity contribution is 6.02. The van der Waals surface area contributed by atoms with Crippen molar-refractivity contribution in [2.75, 3.05) is 7.11 Å². The number of carbonyl (C=O) groups excluding carboxylic acids is 2. The summed E-state index contributed by atoms with van der Waals surface area (Å²) in [6.45, 7) is 9.30. The number of ketones is 1. The van der Waals surface area contributed by atoms with E-state index in [1.165, 1.54) is 26.4 Å². The monoisotopic (exact) mass is 414 g/mol. The van der Waals surface area contributed by atoms with Crippen molar-refractivity contribution in [3.05, 3.63) is 59.1 Å². The molecular formula is C24H30O6. The number of carbonyl (C=O) groups is 2. The van der Waals surface area contributed by atoms with Crippen molar-refractivity contribution in [2.45, 2.75) is 52.4 Å². The molecule has 0 amide bonds. The molecule has 0 saturated carbocycles. The lowest BCUT2D eigenvalue weighted by Crippen LogP contribution is -2.46. The Hall–Kier alpha value is -2.44. The van der Waals surface area contributed by atoms with Gasteiger partial charge in [-0.05, 0) is 50.5 Å². The molecule has 0 aromatic carbocycles. The lowest BCUT2D eigenvalue weighted by molar-refractivity contribution is -0.223. The molecule has 2 aliphatic heterocycles. The molecule has 3 rings (SSSR count). The van der Waals surface area contributed by atoms with Gasteiger partial charge in [0, 0.05) is 11.5 Å². The molecule has 0 aromatic heterocycles. The zero-order valence-corrected chi connectivity index (χ0v) is 18.4. The van der Waals surface area contributed by atoms with Crippen molar-refractivity contribution >= 4 is 11.8 Å². The maximum absolute atomic E-state index is 12.9. The average Bonchev–Trinajstić information content (AvgIpc) is 2.92. The topological polar surface area (TPSA) is 82.1 Å². The van der Waals surface area contributed by atoms with Gasteiger partial charge in [-0.3, -0.25) is 9.59 Å². The molecule has 1 N–H and O–H groups in total. The SMILES string of the molecule is CCC(C)/C=C(C)/C=C/C1=CC2=CC(=O)C3(C)OC(C)(O)C(C(=O)OC)C3C2=CO1. The van der Waals surface area contributed by atoms with E-state index < -0.39 is 29.2 Å². The van der Waals surface area contributed by atoms with Crippen LogP contribution in [-0.4, -0.2) is 35.4 Å². The number of hydrogen-bond donors (Lipinski definition) is 1. The first kappa shape index (κ1) is 22.2. The van der Waals surface area contributed by atoms with Crippen molar-refractivity contribution in [2.24, 2.45) is 17.8 Å². The summed E-state index contributed by atoms with van der Waals surface area (Å²) >= 11 is 0. The Kier molecular flexibility index (Phi) is 5.94. The first-order valence-corrected chi connectivity index (χ1v) is 10.2. The van der Waals surface area contributed by atoms with Gasteiger partial charge in [0.2, 0.25) is 0 Å². The molecule has 6 heteroatoms. The van der Waals surface area contributed by atoms with Gasteiger partial charge in [-0.2, -0.15) is 0 Å². The number of hydrogen-bond acceptors (Lipinski definition) is 6. The Morgan fingerprint density at radius 3 is 2.70 bits per heavy atom. The Morgan fingerprint density at radius 2 is 2.07 bits per heavy atom. The molecule has 1 fully saturated rings. The molecule has 1 saturated heterocycles. The van der Waals surface area contributed by atoms with Crippen LogP contribution in [0.1, 0.15) is 41.0 Å². The first-order valence-electron chi connectivity index (χ1n) is 10.2. The van der Waals surface area contributed by atoms with Crippen LogP contribution < -0.4 is 0 Å². The molecule has 5 atom stereocenters. The van der Waals surface area contributed by atoms with Crippen LogP contribution in [0.5, 0.6) is 0 Å². The summed E-state index contributed by atoms with van der Waals surface area (Å²) in [4.78, 5) is 25.4. The molecular weight excluding hydrogens is 384 g/mol. The summed E-state index contributed by atoms with van der Waals surface area (Å²) in [6, 6.07) is 0. The van der Waals surface area contributed by atoms with Gasteiger partial charge in [0.15, 0.2) is 11.6 Å². The first-order chi connectivity index (χ1) is 14.0. The number of ether oxygens (including phenoxy) is 3. The summed E-state index contributed by atoms with van der Waals surface area (Å²) in [7, 11) is 1.25. The number of fused-ring (bicyclic) bond motifs is 3. The molecule has 162 valence electrons. The molecule has 3 aliphatic rings. The largest absolute Gasteiger partial charge is 0.469 e. The second-order valence-corrected chi connectivity index (χ2v) is 8.57. The van der Waals surface area contributed by atoms with Gasteiger partial charge in [-0.15, -0.1) is 0 Å². The standard InChI is InChI=1S/C24H30O6/c1-7-14(2)10-15(3)8-9-17-11-16-12-19(25)23(4)20(18(16)13-29-17)21(22(26)28-6)24(5,27)30-23/h8-14,20-21,27H,7H2,1-6H3/b9-8+,15-10+. The molecule has 2 heterocycles. The third-order valence-corrected chi connectivity index (χ3v) is 6.14. The highest BCUT2D eigenvalue weighted by Gasteiger charge is 2.66. The lowest BCUT2D eigenvalue weighted by atomic mass is 9.67. The van der Waals surface area contributed by atoms with Crippen molar-refractivity contribution in [1.29, 1.82) is 0 Å². The molecule has 0 radical (unpaired) electrons. The molecule has 6 nitrogen and oxygen atoms in total. The number of rotatable bonds is 5. The fourth-order valence-corrected chi connectivity index (χ4v) is 4.40. The third-order valence-electron chi connectivity index (χ3n) is 6.14. The quantitative estimate of drug-likeness (QED) is 0.545. The van der Waals surface area contributed by atoms with Gasteiger partial charge in [0.25, 0.3) is 0 Å². The predicted molar refractivity (Wildman–Crippen MR) is 112 cm³/mol. The van der Waals surface area contributed by atoms with Gasteiger partial charge < -0.3 is 19.3 Å². The summed E-state index contributed by atoms with van der Waals surface area (Å²) in [5.74, 6) is -3.48. The van der Waals surface area contributed by atoms with E-state index in [2.05, 4.69) is 19.9 Å². The normalized spacial score (nSPS) is 34.4. The Morgan fingerprint density at radius 1 is 1.37 bits per heavy atom. The third kappa shape index (κ3) is 3.82. The zero-order chi connectivity index (χ0) is 22.3. The fraction of sp³-hybridized carbons (Fsp3) is 0.500. The van der Waals surface area contributed by atoms with Gasteiger partial charge in [-0.25, -0.2) is 0 Å². The fourth-order valence-electron chi connectivity index (χ4n) is 4.40. The molecule has 0 spiro atoms. The van der Waals surface area contributed by atoms with Crippen LogP contribution in [0.25, 0.3) is 0 Å². The summed E-state index contributed by atoms with van der Waals surface area (Å²) in [5.41, 5.74) is 1.02. The van der Waals surface area contributed by atoms with E-state index in [1.54, 1.807) is 13.0 Å². The van der Waals surface area contributed by atoms with Gasteiger partial charge in [-0.1, -0.05) is 38.0 Å². The van der Waals surface area contributed by atoms with Crippen molar-refractivity contribution < 1.29 is 28.9 Å². The van der Waals surface area contributed by atoms with E-state index in [9.17, 15) is 14.7 Å². The highest BCUT2D eigenvalue weighted by atomic mass is 16.7. The van der Waals surface area contributed by atoms with E-state index in [-0.39, 0.29) is 5.78 Å². The number of allylic oxidation sites excluding steroid dienone is 6. The predicted octanol–water partition coefficient (Wildman–Crippen LogP) is 3.74. The van der Waals surface area contributed by atoms with Crippen LogP contribution in [0.3, 0.4) is 0 Å². The number of aliphatic hydroxyl groups is 1. The van der Waals surface area contributed by atoms with Crippen LogP contribution in [-0.2, 0) is 23.8 Å². The minimum absolute atomic E-state index is 0.305. The van der Waals surface area contributed by atoms with E-state index in [0.717, 1.165) is 12.0 Å². The van der Waals surface area contributed by atoms with Crippen LogP contribution in [0.2, 0.25) is 0 Å². The molecule has 0 aromatic rings. The number of esters is 1. The Balaban J connectivity index is 1.94. The Bertz CT molecular complexity index is 901. The summed E-state index contributed by atoms with van der Waals surface area (Å²) < 4.78 is 16.4. The molecule has 30 heavy (non-hydrogen) atoms. The van der Waals surface area contributed by atoms with Crippen LogP contribution in [0, 0.1) is 17.8 Å². The molecule has 5 unspecified atom stereocenters. The van der Waals surface area contributed by atoms with Gasteiger partial charge in [0.1, 0.15) is 17.3 Å². The van der Waals surface area contributed by atoms with Crippen molar-refractivity contribution in [1.82, 2.24) is 0 Å². The maximum atomic E-state index is 12.9. The minimum Gasteiger partial charge on any atom is -0.469 e. The van der Waals surface area contributed by atoms with Crippen LogP contribution in [0.15, 0.2) is 59.1 Å². The molecule has 1 aliphatic carbocycles. The lowest BCUT2D eigenvalue weighted by Gasteiger charge is -2.36. The van der Waals surface area contributed by atoms with Crippen molar-refractivity contribution in [3.63, 3.8) is 0 Å². The maximum Gasteiger partial charge on any atom is 0.314 e. The Labute approximate surface area is 177 Å². The average molecular weight is 414 g/mol. The van der Waals surface area contributed by atoms with E-state index in [4.69, 9.17) is 14.2 Å². The van der Waals surface area contributed by atoms with Gasteiger partial charge in [0.05, 0.1) is 13.4 Å². The van der Waals surface area contributed by atoms with Crippen LogP contribution in [0.4, 0.5) is 0 Å². The highest BCUT2D eigenvalue weighted by Crippen LogP contribution is 2.54. The zero-order valence-electron chi connectivity index (χ0n) is 18.4. The van der Waals surface area contributed by atoms with Gasteiger partial charge >= 0.3 is 5.97 Å². The smallest absolute Gasteiger partial charge is 0.314 e. The summed E-state index contributed by atoms with van der Waals surface area (Å²) in [5, 5.41) is 10.8. The van der Waals surface area contributed by atoms with Crippen LogP contribution >= 0.6 is 0 Å². The number of methoxy groups -OCH3 is 1. The van der Waals surface area contributed by atoms with E-state index >= 15 is 0 Å². The second kappa shape index (κ2) is 8.00. The summed E-state index contributed by atoms with van der Waals surface area (Å²) in [6.07, 6.45) is 11.9. The van der Waals surface area contributed by atoms with Crippen molar-refractivity contribution in [3.8, 4) is 0 Å². The second-order valence-electron chi connectivity index (χ2n) is 8.57. The molecule has 0 bridgehead atoms. The minimum atomic E-state index is -1.84. The van der Waals surface area contributed by atoms with E-state index in [1.807, 2.05) is 19.1 Å².